The molecule has 2 heteroatoms. The fourth-order valence-electron chi connectivity index (χ4n) is 9.67. The van der Waals surface area contributed by atoms with Crippen LogP contribution in [0.5, 0.6) is 11.5 Å². The maximum absolute atomic E-state index is 6.05. The second kappa shape index (κ2) is 13.9. The third-order valence-corrected chi connectivity index (χ3v) is 12.0. The molecule has 0 amide bonds. The lowest BCUT2D eigenvalue weighted by molar-refractivity contribution is 0.317. The van der Waals surface area contributed by atoms with Crippen LogP contribution in [0.3, 0.4) is 0 Å². The summed E-state index contributed by atoms with van der Waals surface area (Å²) in [7, 11) is 0. The van der Waals surface area contributed by atoms with Crippen LogP contribution in [0.2, 0.25) is 0 Å². The first kappa shape index (κ1) is 34.4. The summed E-state index contributed by atoms with van der Waals surface area (Å²) in [5, 5.41) is 10.3. The third-order valence-electron chi connectivity index (χ3n) is 12.0. The first-order valence-corrected chi connectivity index (χ1v) is 20.7. The van der Waals surface area contributed by atoms with Crippen molar-refractivity contribution in [3.05, 3.63) is 170 Å². The zero-order valence-electron chi connectivity index (χ0n) is 32.8. The average molecular weight is 747 g/mol. The summed E-state index contributed by atoms with van der Waals surface area (Å²) in [5.41, 5.74) is 15.3. The summed E-state index contributed by atoms with van der Waals surface area (Å²) in [6, 6.07) is 62.6. The zero-order chi connectivity index (χ0) is 38.7. The van der Waals surface area contributed by atoms with Gasteiger partial charge in [0.2, 0.25) is 0 Å². The van der Waals surface area contributed by atoms with Crippen molar-refractivity contribution in [1.29, 1.82) is 0 Å². The maximum atomic E-state index is 6.05. The van der Waals surface area contributed by atoms with Crippen molar-refractivity contribution in [2.45, 2.75) is 26.7 Å². The van der Waals surface area contributed by atoms with Gasteiger partial charge < -0.3 is 9.47 Å². The second-order valence-electron chi connectivity index (χ2n) is 15.5. The Labute approximate surface area is 339 Å². The molecule has 2 nitrogen and oxygen atoms in total. The van der Waals surface area contributed by atoms with Gasteiger partial charge >= 0.3 is 0 Å². The fourth-order valence-corrected chi connectivity index (χ4v) is 9.67. The molecule has 0 heterocycles. The fraction of sp³-hybridized carbons (Fsp3) is 0.107. The van der Waals surface area contributed by atoms with Crippen LogP contribution in [0.25, 0.3) is 110 Å². The van der Waals surface area contributed by atoms with Crippen molar-refractivity contribution in [1.82, 2.24) is 0 Å². The molecule has 7 aromatic rings. The van der Waals surface area contributed by atoms with Crippen LogP contribution in [0.4, 0.5) is 0 Å². The number of ether oxygens (including phenoxy) is 2. The molecule has 7 aromatic carbocycles. The first-order chi connectivity index (χ1) is 28.7. The molecule has 0 aromatic heterocycles. The minimum absolute atomic E-state index is 0.711. The lowest BCUT2D eigenvalue weighted by Crippen LogP contribution is -1.94. The molecular weight excluding hydrogens is 705 g/mol. The predicted octanol–water partition coefficient (Wildman–Crippen LogP) is 15.6. The van der Waals surface area contributed by atoms with Gasteiger partial charge in [-0.25, -0.2) is 0 Å². The Hall–Kier alpha value is -6.90. The topological polar surface area (TPSA) is 18.5 Å². The summed E-state index contributed by atoms with van der Waals surface area (Å²) in [6.45, 7) is 5.71. The van der Waals surface area contributed by atoms with Gasteiger partial charge in [-0.2, -0.15) is 0 Å². The van der Waals surface area contributed by atoms with Gasteiger partial charge in [-0.05, 0) is 159 Å². The Balaban J connectivity index is 1.29. The Bertz CT molecular complexity index is 2930. The van der Waals surface area contributed by atoms with E-state index in [9.17, 15) is 0 Å². The lowest BCUT2D eigenvalue weighted by Gasteiger charge is -2.09. The normalized spacial score (nSPS) is 11.9. The molecule has 0 unspecified atom stereocenters. The standard InChI is InChI=1S/C56H42O2/c1-3-31-57-39-27-23-37(24-28-39)49-41-19-11-13-21-43(41)53-51(35-15-7-5-8-16-35)45-34-48-46(33-47(45)55(49)53)52(36-17-9-6-10-18-36)54-44-22-14-12-20-42(44)50(56(48)54)38-25-29-40(30-26-38)58-32-4-2/h5-30,33-34H,3-4,31-32H2,1-2H3. The summed E-state index contributed by atoms with van der Waals surface area (Å²) in [5.74, 6) is 1.82. The van der Waals surface area contributed by atoms with Gasteiger partial charge in [0.1, 0.15) is 11.5 Å². The van der Waals surface area contributed by atoms with Crippen LogP contribution in [-0.4, -0.2) is 13.2 Å². The van der Waals surface area contributed by atoms with Crippen molar-refractivity contribution in [2.24, 2.45) is 0 Å². The van der Waals surface area contributed by atoms with Crippen molar-refractivity contribution in [2.75, 3.05) is 13.2 Å². The zero-order valence-corrected chi connectivity index (χ0v) is 32.8. The van der Waals surface area contributed by atoms with E-state index in [-0.39, 0.29) is 0 Å². The van der Waals surface area contributed by atoms with Gasteiger partial charge in [-0.15, -0.1) is 0 Å². The number of rotatable bonds is 10. The quantitative estimate of drug-likeness (QED) is 0.139. The SMILES string of the molecule is CCCOc1ccc(-c2c3c4cc5c(-c6ccccc6)c6c7ccccc7c(-c7ccc(OCCC)cc7)c-6c5cc4c(-c4ccccc4)c-3c3ccccc23)cc1. The molecule has 0 saturated heterocycles. The highest BCUT2D eigenvalue weighted by atomic mass is 16.5. The van der Waals surface area contributed by atoms with E-state index in [0.717, 1.165) is 24.3 Å². The van der Waals surface area contributed by atoms with Crippen molar-refractivity contribution < 1.29 is 9.47 Å². The minimum atomic E-state index is 0.711. The Morgan fingerprint density at radius 2 is 0.552 bits per heavy atom. The molecule has 4 aliphatic rings. The molecule has 0 fully saturated rings. The molecule has 0 saturated carbocycles. The number of hydrogen-bond donors (Lipinski definition) is 0. The van der Waals surface area contributed by atoms with E-state index in [0.29, 0.717) is 13.2 Å². The molecule has 58 heavy (non-hydrogen) atoms. The van der Waals surface area contributed by atoms with Gasteiger partial charge in [0.05, 0.1) is 13.2 Å². The van der Waals surface area contributed by atoms with Crippen LogP contribution in [0.15, 0.2) is 170 Å². The average Bonchev–Trinajstić information content (AvgIpc) is 4.00. The van der Waals surface area contributed by atoms with Gasteiger partial charge in [0, 0.05) is 0 Å². The van der Waals surface area contributed by atoms with Crippen LogP contribution in [0.1, 0.15) is 26.7 Å². The summed E-state index contributed by atoms with van der Waals surface area (Å²) in [4.78, 5) is 0. The second-order valence-corrected chi connectivity index (χ2v) is 15.5. The summed E-state index contributed by atoms with van der Waals surface area (Å²) in [6.07, 6.45) is 1.96. The third kappa shape index (κ3) is 5.25. The van der Waals surface area contributed by atoms with Crippen LogP contribution >= 0.6 is 0 Å². The molecular formula is C56H42O2. The van der Waals surface area contributed by atoms with Crippen molar-refractivity contribution >= 4 is 43.1 Å². The Morgan fingerprint density at radius 3 is 0.914 bits per heavy atom. The lowest BCUT2D eigenvalue weighted by atomic mass is 9.96. The summed E-state index contributed by atoms with van der Waals surface area (Å²) >= 11 is 0. The van der Waals surface area contributed by atoms with E-state index >= 15 is 0 Å². The van der Waals surface area contributed by atoms with Crippen LogP contribution < -0.4 is 9.47 Å². The first-order valence-electron chi connectivity index (χ1n) is 20.7. The highest BCUT2D eigenvalue weighted by Crippen LogP contribution is 2.60. The van der Waals surface area contributed by atoms with Crippen LogP contribution in [-0.2, 0) is 0 Å². The number of hydrogen-bond acceptors (Lipinski definition) is 2. The largest absolute Gasteiger partial charge is 0.494 e. The van der Waals surface area contributed by atoms with Crippen molar-refractivity contribution in [3.63, 3.8) is 0 Å². The molecule has 0 spiro atoms. The summed E-state index contributed by atoms with van der Waals surface area (Å²) < 4.78 is 12.1. The molecule has 4 aliphatic carbocycles. The maximum Gasteiger partial charge on any atom is 0.119 e. The molecule has 0 radical (unpaired) electrons. The molecule has 0 aliphatic heterocycles. The molecule has 0 atom stereocenters. The van der Waals surface area contributed by atoms with Gasteiger partial charge in [-0.1, -0.05) is 147 Å². The van der Waals surface area contributed by atoms with E-state index in [1.807, 2.05) is 0 Å². The highest BCUT2D eigenvalue weighted by molar-refractivity contribution is 6.36. The Morgan fingerprint density at radius 1 is 0.276 bits per heavy atom. The van der Waals surface area contributed by atoms with E-state index in [1.54, 1.807) is 0 Å². The Kier molecular flexibility index (Phi) is 8.25. The number of fused-ring (bicyclic) bond motifs is 10. The molecule has 0 N–H and O–H groups in total. The predicted molar refractivity (Wildman–Crippen MR) is 245 cm³/mol. The highest BCUT2D eigenvalue weighted by Gasteiger charge is 2.33. The minimum Gasteiger partial charge on any atom is -0.494 e. The number of benzene rings is 7. The van der Waals surface area contributed by atoms with E-state index in [4.69, 9.17) is 9.47 Å². The molecule has 11 rings (SSSR count). The van der Waals surface area contributed by atoms with E-state index in [1.165, 1.54) is 110 Å². The van der Waals surface area contributed by atoms with Gasteiger partial charge in [0.25, 0.3) is 0 Å². The molecule has 0 bridgehead atoms. The van der Waals surface area contributed by atoms with Crippen molar-refractivity contribution in [3.8, 4) is 78.3 Å². The van der Waals surface area contributed by atoms with Gasteiger partial charge in [-0.3, -0.25) is 0 Å². The van der Waals surface area contributed by atoms with Gasteiger partial charge in [0.15, 0.2) is 0 Å². The van der Waals surface area contributed by atoms with Crippen LogP contribution in [0, 0.1) is 0 Å². The van der Waals surface area contributed by atoms with E-state index in [2.05, 4.69) is 184 Å². The molecule has 278 valence electrons. The van der Waals surface area contributed by atoms with E-state index < -0.39 is 0 Å². The monoisotopic (exact) mass is 746 g/mol. The smallest absolute Gasteiger partial charge is 0.119 e.